The number of phenolic OH excluding ortho intramolecular Hbond substituents is 1. The van der Waals surface area contributed by atoms with E-state index in [0.717, 1.165) is 11.1 Å². The molecule has 5 nitrogen and oxygen atoms in total. The number of nitrogens with two attached hydrogens (primary N) is 1. The number of aromatic nitrogens is 3. The summed E-state index contributed by atoms with van der Waals surface area (Å²) in [5.74, 6) is 0.640. The molecule has 0 amide bonds. The first kappa shape index (κ1) is 9.65. The van der Waals surface area contributed by atoms with Gasteiger partial charge in [0.25, 0.3) is 0 Å². The molecule has 0 saturated carbocycles. The van der Waals surface area contributed by atoms with Gasteiger partial charge in [0.1, 0.15) is 11.6 Å². The first-order chi connectivity index (χ1) is 8.24. The molecule has 0 fully saturated rings. The highest BCUT2D eigenvalue weighted by Gasteiger charge is 2.06. The van der Waals surface area contributed by atoms with Gasteiger partial charge >= 0.3 is 0 Å². The van der Waals surface area contributed by atoms with Crippen molar-refractivity contribution in [3.8, 4) is 16.9 Å². The third-order valence-electron chi connectivity index (χ3n) is 2.55. The standard InChI is InChI=1S/C12H10N4O/c13-11-5-12-14-6-8(7-16(12)15-11)9-3-1-2-4-10(9)17/h1-7,17H,(H2,13,15). The van der Waals surface area contributed by atoms with Crippen molar-refractivity contribution in [2.75, 3.05) is 5.73 Å². The van der Waals surface area contributed by atoms with Crippen LogP contribution in [0.15, 0.2) is 42.7 Å². The van der Waals surface area contributed by atoms with E-state index in [9.17, 15) is 5.11 Å². The van der Waals surface area contributed by atoms with Crippen LogP contribution in [0.5, 0.6) is 5.75 Å². The van der Waals surface area contributed by atoms with Crippen LogP contribution in [0.25, 0.3) is 16.8 Å². The fourth-order valence-electron chi connectivity index (χ4n) is 1.75. The van der Waals surface area contributed by atoms with Crippen molar-refractivity contribution in [1.29, 1.82) is 0 Å². The Morgan fingerprint density at radius 3 is 2.88 bits per heavy atom. The van der Waals surface area contributed by atoms with E-state index in [1.807, 2.05) is 12.1 Å². The van der Waals surface area contributed by atoms with Gasteiger partial charge in [-0.15, -0.1) is 5.10 Å². The zero-order valence-electron chi connectivity index (χ0n) is 8.91. The summed E-state index contributed by atoms with van der Waals surface area (Å²) in [5, 5.41) is 13.8. The molecular weight excluding hydrogens is 216 g/mol. The van der Waals surface area contributed by atoms with Crippen molar-refractivity contribution < 1.29 is 5.11 Å². The van der Waals surface area contributed by atoms with Gasteiger partial charge in [-0.2, -0.15) is 0 Å². The van der Waals surface area contributed by atoms with Gasteiger partial charge in [-0.05, 0) is 6.07 Å². The van der Waals surface area contributed by atoms with Gasteiger partial charge < -0.3 is 10.8 Å². The van der Waals surface area contributed by atoms with E-state index < -0.39 is 0 Å². The Morgan fingerprint density at radius 1 is 1.24 bits per heavy atom. The van der Waals surface area contributed by atoms with E-state index in [0.29, 0.717) is 11.5 Å². The summed E-state index contributed by atoms with van der Waals surface area (Å²) in [6.45, 7) is 0. The first-order valence-corrected chi connectivity index (χ1v) is 5.13. The van der Waals surface area contributed by atoms with Crippen LogP contribution in [0.2, 0.25) is 0 Å². The highest BCUT2D eigenvalue weighted by atomic mass is 16.3. The quantitative estimate of drug-likeness (QED) is 0.662. The maximum atomic E-state index is 9.76. The average Bonchev–Trinajstić information content (AvgIpc) is 2.68. The van der Waals surface area contributed by atoms with E-state index >= 15 is 0 Å². The van der Waals surface area contributed by atoms with Gasteiger partial charge in [0.2, 0.25) is 0 Å². The van der Waals surface area contributed by atoms with Crippen LogP contribution in [0.3, 0.4) is 0 Å². The van der Waals surface area contributed by atoms with Crippen molar-refractivity contribution in [3.05, 3.63) is 42.7 Å². The van der Waals surface area contributed by atoms with E-state index in [2.05, 4.69) is 10.1 Å². The largest absolute Gasteiger partial charge is 0.507 e. The predicted molar refractivity (Wildman–Crippen MR) is 64.5 cm³/mol. The summed E-state index contributed by atoms with van der Waals surface area (Å²) >= 11 is 0. The lowest BCUT2D eigenvalue weighted by atomic mass is 10.1. The summed E-state index contributed by atoms with van der Waals surface area (Å²) in [6, 6.07) is 8.78. The van der Waals surface area contributed by atoms with E-state index in [1.165, 1.54) is 0 Å². The molecule has 3 N–H and O–H groups in total. The molecule has 0 bridgehead atoms. The van der Waals surface area contributed by atoms with Gasteiger partial charge in [0, 0.05) is 29.6 Å². The third-order valence-corrected chi connectivity index (χ3v) is 2.55. The molecule has 0 aliphatic rings. The minimum atomic E-state index is 0.216. The van der Waals surface area contributed by atoms with Crippen molar-refractivity contribution in [1.82, 2.24) is 14.6 Å². The lowest BCUT2D eigenvalue weighted by Gasteiger charge is -2.03. The molecule has 0 saturated heterocycles. The Morgan fingerprint density at radius 2 is 2.06 bits per heavy atom. The number of nitrogen functional groups attached to an aromatic ring is 1. The van der Waals surface area contributed by atoms with Crippen LogP contribution < -0.4 is 5.73 Å². The summed E-state index contributed by atoms with van der Waals surface area (Å²) in [6.07, 6.45) is 3.47. The van der Waals surface area contributed by atoms with E-state index in [4.69, 9.17) is 5.73 Å². The van der Waals surface area contributed by atoms with E-state index in [-0.39, 0.29) is 5.75 Å². The number of benzene rings is 1. The highest BCUT2D eigenvalue weighted by molar-refractivity contribution is 5.69. The maximum Gasteiger partial charge on any atom is 0.157 e. The predicted octanol–water partition coefficient (Wildman–Crippen LogP) is 1.68. The molecule has 0 atom stereocenters. The molecular formula is C12H10N4O. The molecule has 84 valence electrons. The number of hydrogen-bond donors (Lipinski definition) is 2. The van der Waals surface area contributed by atoms with Crippen LogP contribution in [-0.4, -0.2) is 19.7 Å². The van der Waals surface area contributed by atoms with Gasteiger partial charge in [-0.1, -0.05) is 18.2 Å². The molecule has 5 heteroatoms. The topological polar surface area (TPSA) is 76.4 Å². The Labute approximate surface area is 97.1 Å². The number of aromatic hydroxyl groups is 1. The minimum Gasteiger partial charge on any atom is -0.507 e. The summed E-state index contributed by atoms with van der Waals surface area (Å²) in [5.41, 5.74) is 7.78. The molecule has 0 aliphatic heterocycles. The average molecular weight is 226 g/mol. The van der Waals surface area contributed by atoms with Gasteiger partial charge in [0.05, 0.1) is 0 Å². The number of rotatable bonds is 1. The lowest BCUT2D eigenvalue weighted by molar-refractivity contribution is 0.477. The number of phenols is 1. The lowest BCUT2D eigenvalue weighted by Crippen LogP contribution is -1.92. The minimum absolute atomic E-state index is 0.216. The Bertz CT molecular complexity index is 690. The molecule has 0 radical (unpaired) electrons. The Kier molecular flexibility index (Phi) is 1.98. The SMILES string of the molecule is Nc1cc2ncc(-c3ccccc3O)cn2n1. The molecule has 0 spiro atoms. The van der Waals surface area contributed by atoms with E-state index in [1.54, 1.807) is 35.1 Å². The zero-order valence-corrected chi connectivity index (χ0v) is 8.91. The molecule has 17 heavy (non-hydrogen) atoms. The van der Waals surface area contributed by atoms with Crippen molar-refractivity contribution in [2.45, 2.75) is 0 Å². The second kappa shape index (κ2) is 3.48. The Hall–Kier alpha value is -2.56. The van der Waals surface area contributed by atoms with Gasteiger partial charge in [-0.3, -0.25) is 0 Å². The maximum absolute atomic E-state index is 9.76. The number of hydrogen-bond acceptors (Lipinski definition) is 4. The third kappa shape index (κ3) is 1.57. The number of nitrogens with zero attached hydrogens (tertiary/aromatic N) is 3. The fourth-order valence-corrected chi connectivity index (χ4v) is 1.75. The molecule has 2 heterocycles. The normalized spacial score (nSPS) is 10.8. The fraction of sp³-hybridized carbons (Fsp3) is 0. The van der Waals surface area contributed by atoms with Crippen LogP contribution in [0.4, 0.5) is 5.82 Å². The molecule has 0 aliphatic carbocycles. The summed E-state index contributed by atoms with van der Waals surface area (Å²) in [4.78, 5) is 4.23. The number of fused-ring (bicyclic) bond motifs is 1. The summed E-state index contributed by atoms with van der Waals surface area (Å²) in [7, 11) is 0. The second-order valence-corrected chi connectivity index (χ2v) is 3.73. The highest BCUT2D eigenvalue weighted by Crippen LogP contribution is 2.27. The molecule has 3 aromatic rings. The van der Waals surface area contributed by atoms with Crippen LogP contribution in [0.1, 0.15) is 0 Å². The van der Waals surface area contributed by atoms with Crippen LogP contribution in [0, 0.1) is 0 Å². The number of anilines is 1. The molecule has 2 aromatic heterocycles. The molecule has 0 unspecified atom stereocenters. The van der Waals surface area contributed by atoms with Gasteiger partial charge in [0.15, 0.2) is 5.65 Å². The van der Waals surface area contributed by atoms with Gasteiger partial charge in [-0.25, -0.2) is 9.50 Å². The molecule has 1 aromatic carbocycles. The van der Waals surface area contributed by atoms with Crippen LogP contribution >= 0.6 is 0 Å². The smallest absolute Gasteiger partial charge is 0.157 e. The Balaban J connectivity index is 2.21. The van der Waals surface area contributed by atoms with Crippen molar-refractivity contribution in [2.24, 2.45) is 0 Å². The zero-order chi connectivity index (χ0) is 11.8. The number of para-hydroxylation sites is 1. The summed E-state index contributed by atoms with van der Waals surface area (Å²) < 4.78 is 1.59. The van der Waals surface area contributed by atoms with Crippen molar-refractivity contribution >= 4 is 11.5 Å². The van der Waals surface area contributed by atoms with Crippen LogP contribution in [-0.2, 0) is 0 Å². The second-order valence-electron chi connectivity index (χ2n) is 3.73. The molecule has 3 rings (SSSR count). The van der Waals surface area contributed by atoms with Crippen molar-refractivity contribution in [3.63, 3.8) is 0 Å². The monoisotopic (exact) mass is 226 g/mol. The first-order valence-electron chi connectivity index (χ1n) is 5.13.